The largest absolute Gasteiger partial charge is 0.357 e. The number of hydrogen-bond acceptors (Lipinski definition) is 1. The van der Waals surface area contributed by atoms with Crippen molar-refractivity contribution in [3.05, 3.63) is 64.7 Å². The fourth-order valence-electron chi connectivity index (χ4n) is 3.04. The van der Waals surface area contributed by atoms with E-state index in [9.17, 15) is 0 Å². The van der Waals surface area contributed by atoms with Crippen LogP contribution in [0.4, 0.5) is 5.69 Å². The van der Waals surface area contributed by atoms with E-state index < -0.39 is 0 Å². The fourth-order valence-corrected chi connectivity index (χ4v) is 3.04. The van der Waals surface area contributed by atoms with Gasteiger partial charge in [0, 0.05) is 17.3 Å². The number of aryl methyl sites for hydroxylation is 2. The van der Waals surface area contributed by atoms with Gasteiger partial charge in [0.15, 0.2) is 0 Å². The minimum Gasteiger partial charge on any atom is -0.357 e. The van der Waals surface area contributed by atoms with Gasteiger partial charge in [-0.2, -0.15) is 0 Å². The third-order valence-electron chi connectivity index (χ3n) is 4.20. The summed E-state index contributed by atoms with van der Waals surface area (Å²) in [6.07, 6.45) is 1.13. The van der Waals surface area contributed by atoms with Gasteiger partial charge in [0.1, 0.15) is 0 Å². The lowest BCUT2D eigenvalue weighted by molar-refractivity contribution is 0.711. The molecule has 1 nitrogen and oxygen atoms in total. The van der Waals surface area contributed by atoms with E-state index in [-0.39, 0.29) is 0 Å². The summed E-state index contributed by atoms with van der Waals surface area (Å²) in [6, 6.07) is 15.6. The number of benzene rings is 2. The number of fused-ring (bicyclic) bond motifs is 1. The molecule has 3 rings (SSSR count). The summed E-state index contributed by atoms with van der Waals surface area (Å²) in [5, 5.41) is 0. The van der Waals surface area contributed by atoms with Crippen molar-refractivity contribution in [3.8, 4) is 11.8 Å². The first-order chi connectivity index (χ1) is 10.1. The van der Waals surface area contributed by atoms with Crippen LogP contribution < -0.4 is 4.90 Å². The highest BCUT2D eigenvalue weighted by atomic mass is 15.2. The van der Waals surface area contributed by atoms with Gasteiger partial charge >= 0.3 is 0 Å². The third-order valence-corrected chi connectivity index (χ3v) is 4.20. The second kappa shape index (κ2) is 5.66. The van der Waals surface area contributed by atoms with E-state index in [1.807, 2.05) is 0 Å². The van der Waals surface area contributed by atoms with Crippen molar-refractivity contribution in [1.29, 1.82) is 0 Å². The average Bonchev–Trinajstić information content (AvgIpc) is 2.77. The van der Waals surface area contributed by atoms with Gasteiger partial charge in [-0.15, -0.1) is 0 Å². The monoisotopic (exact) mass is 275 g/mol. The Kier molecular flexibility index (Phi) is 3.71. The SMILES string of the molecule is Cc1ccc(C#CCN2c3ccccc3CC2C)c(C)c1. The smallest absolute Gasteiger partial charge is 0.0801 e. The Morgan fingerprint density at radius 2 is 1.95 bits per heavy atom. The van der Waals surface area contributed by atoms with Gasteiger partial charge in [0.25, 0.3) is 0 Å². The van der Waals surface area contributed by atoms with Crippen LogP contribution in [0.25, 0.3) is 0 Å². The Labute approximate surface area is 127 Å². The van der Waals surface area contributed by atoms with Crippen molar-refractivity contribution >= 4 is 5.69 Å². The molecule has 1 atom stereocenters. The predicted molar refractivity (Wildman–Crippen MR) is 89.7 cm³/mol. The van der Waals surface area contributed by atoms with Gasteiger partial charge in [0.05, 0.1) is 6.54 Å². The Morgan fingerprint density at radius 3 is 2.76 bits per heavy atom. The average molecular weight is 275 g/mol. The molecule has 2 aromatic carbocycles. The molecule has 0 aromatic heterocycles. The summed E-state index contributed by atoms with van der Waals surface area (Å²) in [4.78, 5) is 2.41. The summed E-state index contributed by atoms with van der Waals surface area (Å²) >= 11 is 0. The zero-order valence-electron chi connectivity index (χ0n) is 13.0. The molecule has 0 amide bonds. The lowest BCUT2D eigenvalue weighted by Crippen LogP contribution is -2.29. The third kappa shape index (κ3) is 2.81. The molecule has 1 aliphatic rings. The molecule has 1 unspecified atom stereocenters. The zero-order valence-corrected chi connectivity index (χ0v) is 13.0. The van der Waals surface area contributed by atoms with Gasteiger partial charge < -0.3 is 4.90 Å². The highest BCUT2D eigenvalue weighted by Crippen LogP contribution is 2.31. The quantitative estimate of drug-likeness (QED) is 0.708. The van der Waals surface area contributed by atoms with E-state index in [2.05, 4.69) is 80.0 Å². The Hall–Kier alpha value is -2.20. The number of para-hydroxylation sites is 1. The maximum absolute atomic E-state index is 3.35. The van der Waals surface area contributed by atoms with Gasteiger partial charge in [-0.25, -0.2) is 0 Å². The molecule has 0 fully saturated rings. The van der Waals surface area contributed by atoms with E-state index in [0.717, 1.165) is 18.5 Å². The predicted octanol–water partition coefficient (Wildman–Crippen LogP) is 4.11. The van der Waals surface area contributed by atoms with Crippen molar-refractivity contribution in [2.24, 2.45) is 0 Å². The summed E-state index contributed by atoms with van der Waals surface area (Å²) < 4.78 is 0. The molecular weight excluding hydrogens is 254 g/mol. The molecule has 0 radical (unpaired) electrons. The van der Waals surface area contributed by atoms with Crippen LogP contribution >= 0.6 is 0 Å². The molecule has 1 heteroatoms. The second-order valence-electron chi connectivity index (χ2n) is 5.93. The molecule has 0 aliphatic carbocycles. The van der Waals surface area contributed by atoms with Crippen LogP contribution in [-0.2, 0) is 6.42 Å². The minimum atomic E-state index is 0.538. The Bertz CT molecular complexity index is 718. The first-order valence-corrected chi connectivity index (χ1v) is 7.56. The Balaban J connectivity index is 1.78. The molecule has 0 N–H and O–H groups in total. The second-order valence-corrected chi connectivity index (χ2v) is 5.93. The highest BCUT2D eigenvalue weighted by Gasteiger charge is 2.24. The Morgan fingerprint density at radius 1 is 1.14 bits per heavy atom. The van der Waals surface area contributed by atoms with E-state index in [0.29, 0.717) is 6.04 Å². The molecule has 106 valence electrons. The first-order valence-electron chi connectivity index (χ1n) is 7.56. The summed E-state index contributed by atoms with van der Waals surface area (Å²) in [5.41, 5.74) is 6.48. The standard InChI is InChI=1S/C20H21N/c1-15-10-11-18(16(2)13-15)8-6-12-21-17(3)14-19-7-4-5-9-20(19)21/h4-5,7,9-11,13,17H,12,14H2,1-3H3. The molecule has 0 saturated heterocycles. The normalized spacial score (nSPS) is 16.3. The van der Waals surface area contributed by atoms with Gasteiger partial charge in [-0.05, 0) is 50.5 Å². The highest BCUT2D eigenvalue weighted by molar-refractivity contribution is 5.60. The van der Waals surface area contributed by atoms with Crippen molar-refractivity contribution in [2.45, 2.75) is 33.2 Å². The lowest BCUT2D eigenvalue weighted by atomic mass is 10.1. The molecular formula is C20H21N. The van der Waals surface area contributed by atoms with Crippen molar-refractivity contribution in [3.63, 3.8) is 0 Å². The summed E-state index contributed by atoms with van der Waals surface area (Å²) in [5.74, 6) is 6.68. The minimum absolute atomic E-state index is 0.538. The van der Waals surface area contributed by atoms with Crippen molar-refractivity contribution < 1.29 is 0 Å². The molecule has 1 aliphatic heterocycles. The van der Waals surface area contributed by atoms with Crippen LogP contribution in [-0.4, -0.2) is 12.6 Å². The van der Waals surface area contributed by atoms with Crippen LogP contribution in [0.1, 0.15) is 29.2 Å². The number of rotatable bonds is 1. The van der Waals surface area contributed by atoms with Gasteiger partial charge in [0.2, 0.25) is 0 Å². The van der Waals surface area contributed by atoms with Crippen LogP contribution in [0.2, 0.25) is 0 Å². The van der Waals surface area contributed by atoms with Crippen LogP contribution in [0, 0.1) is 25.7 Å². The first kappa shape index (κ1) is 13.8. The lowest BCUT2D eigenvalue weighted by Gasteiger charge is -2.21. The van der Waals surface area contributed by atoms with Crippen molar-refractivity contribution in [2.75, 3.05) is 11.4 Å². The number of nitrogens with zero attached hydrogens (tertiary/aromatic N) is 1. The van der Waals surface area contributed by atoms with E-state index in [1.165, 1.54) is 22.4 Å². The van der Waals surface area contributed by atoms with Gasteiger partial charge in [-0.3, -0.25) is 0 Å². The van der Waals surface area contributed by atoms with Crippen molar-refractivity contribution in [1.82, 2.24) is 0 Å². The molecule has 1 heterocycles. The maximum atomic E-state index is 3.35. The van der Waals surface area contributed by atoms with Crippen LogP contribution in [0.5, 0.6) is 0 Å². The molecule has 2 aromatic rings. The number of anilines is 1. The fraction of sp³-hybridized carbons (Fsp3) is 0.300. The topological polar surface area (TPSA) is 3.24 Å². The molecule has 0 bridgehead atoms. The maximum Gasteiger partial charge on any atom is 0.0801 e. The summed E-state index contributed by atoms with van der Waals surface area (Å²) in [7, 11) is 0. The van der Waals surface area contributed by atoms with Gasteiger partial charge in [-0.1, -0.05) is 47.7 Å². The van der Waals surface area contributed by atoms with Crippen LogP contribution in [0.3, 0.4) is 0 Å². The zero-order chi connectivity index (χ0) is 14.8. The summed E-state index contributed by atoms with van der Waals surface area (Å²) in [6.45, 7) is 7.32. The van der Waals surface area contributed by atoms with E-state index >= 15 is 0 Å². The number of hydrogen-bond donors (Lipinski definition) is 0. The molecule has 0 spiro atoms. The van der Waals surface area contributed by atoms with E-state index in [4.69, 9.17) is 0 Å². The molecule has 21 heavy (non-hydrogen) atoms. The molecule has 0 saturated carbocycles. The van der Waals surface area contributed by atoms with E-state index in [1.54, 1.807) is 0 Å². The van der Waals surface area contributed by atoms with Crippen LogP contribution in [0.15, 0.2) is 42.5 Å².